The van der Waals surface area contributed by atoms with Crippen molar-refractivity contribution in [2.24, 2.45) is 0 Å². The molecule has 0 N–H and O–H groups in total. The normalized spacial score (nSPS) is 13.3. The van der Waals surface area contributed by atoms with E-state index in [1.165, 1.54) is 4.90 Å². The summed E-state index contributed by atoms with van der Waals surface area (Å²) in [5.74, 6) is 0. The average molecular weight is 658 g/mol. The number of rotatable bonds is 7. The molecular formula is C50H35N. The van der Waals surface area contributed by atoms with Gasteiger partial charge in [0.1, 0.15) is 0 Å². The van der Waals surface area contributed by atoms with Crippen molar-refractivity contribution in [1.82, 2.24) is 0 Å². The molecule has 0 aliphatic rings. The summed E-state index contributed by atoms with van der Waals surface area (Å²) in [6.45, 7) is 0. The van der Waals surface area contributed by atoms with E-state index in [9.17, 15) is 8.22 Å². The van der Waals surface area contributed by atoms with Crippen LogP contribution in [0.5, 0.6) is 0 Å². The zero-order valence-electron chi connectivity index (χ0n) is 35.5. The summed E-state index contributed by atoms with van der Waals surface area (Å²) in [5, 5.41) is 3.94. The number of hydrogen-bond acceptors (Lipinski definition) is 1. The van der Waals surface area contributed by atoms with Crippen molar-refractivity contribution >= 4 is 38.6 Å². The Bertz CT molecular complexity index is 3060. The number of nitrogens with zero attached hydrogens (tertiary/aromatic N) is 1. The van der Waals surface area contributed by atoms with Gasteiger partial charge in [-0.2, -0.15) is 0 Å². The molecular weight excluding hydrogens is 615 g/mol. The third-order valence-electron chi connectivity index (χ3n) is 9.18. The number of anilines is 3. The van der Waals surface area contributed by atoms with Crippen LogP contribution in [0, 0.1) is 0 Å². The van der Waals surface area contributed by atoms with Gasteiger partial charge >= 0.3 is 0 Å². The van der Waals surface area contributed by atoms with Gasteiger partial charge < -0.3 is 4.90 Å². The first kappa shape index (κ1) is 22.8. The fraction of sp³-hybridized carbons (Fsp3) is 0. The summed E-state index contributed by atoms with van der Waals surface area (Å²) in [4.78, 5) is 1.40. The Morgan fingerprint density at radius 1 is 0.294 bits per heavy atom. The highest BCUT2D eigenvalue weighted by Gasteiger charge is 2.15. The topological polar surface area (TPSA) is 3.24 Å². The molecule has 0 saturated carbocycles. The molecule has 0 amide bonds. The van der Waals surface area contributed by atoms with Crippen LogP contribution < -0.4 is 4.90 Å². The van der Waals surface area contributed by atoms with Crippen LogP contribution in [0.4, 0.5) is 17.1 Å². The average Bonchev–Trinajstić information content (AvgIpc) is 3.27. The maximum Gasteiger partial charge on any atom is 0.0651 e. The molecule has 0 spiro atoms. The second-order valence-corrected chi connectivity index (χ2v) is 12.4. The fourth-order valence-electron chi connectivity index (χ4n) is 6.52. The molecule has 0 radical (unpaired) electrons. The monoisotopic (exact) mass is 657 g/mol. The first-order valence-electron chi connectivity index (χ1n) is 20.9. The van der Waals surface area contributed by atoms with Crippen molar-refractivity contribution in [1.29, 1.82) is 0 Å². The lowest BCUT2D eigenvalue weighted by molar-refractivity contribution is 1.28. The summed E-state index contributed by atoms with van der Waals surface area (Å²) in [7, 11) is 0. The quantitative estimate of drug-likeness (QED) is 0.165. The zero-order chi connectivity index (χ0) is 40.9. The molecule has 0 unspecified atom stereocenters. The molecule has 0 aromatic heterocycles. The van der Waals surface area contributed by atoms with Gasteiger partial charge in [-0.25, -0.2) is 0 Å². The van der Waals surface area contributed by atoms with Gasteiger partial charge in [-0.15, -0.1) is 0 Å². The van der Waals surface area contributed by atoms with Crippen LogP contribution in [0.1, 0.15) is 11.0 Å². The molecule has 0 heterocycles. The van der Waals surface area contributed by atoms with Crippen molar-refractivity contribution < 1.29 is 11.0 Å². The lowest BCUT2D eigenvalue weighted by Crippen LogP contribution is -2.10. The third-order valence-corrected chi connectivity index (χ3v) is 9.18. The summed E-state index contributed by atoms with van der Waals surface area (Å²) < 4.78 is 75.0. The van der Waals surface area contributed by atoms with E-state index in [-0.39, 0.29) is 58.8 Å². The molecule has 0 aliphatic heterocycles. The van der Waals surface area contributed by atoms with Gasteiger partial charge in [-0.3, -0.25) is 0 Å². The maximum absolute atomic E-state index is 9.74. The predicted molar refractivity (Wildman–Crippen MR) is 218 cm³/mol. The van der Waals surface area contributed by atoms with E-state index in [1.54, 1.807) is 24.3 Å². The minimum Gasteiger partial charge on any atom is -0.310 e. The van der Waals surface area contributed by atoms with Gasteiger partial charge in [0.15, 0.2) is 0 Å². The Balaban J connectivity index is 1.28. The van der Waals surface area contributed by atoms with Gasteiger partial charge in [0.2, 0.25) is 0 Å². The highest BCUT2D eigenvalue weighted by atomic mass is 15.1. The van der Waals surface area contributed by atoms with Crippen LogP contribution in [0.25, 0.3) is 66.1 Å². The van der Waals surface area contributed by atoms with Crippen LogP contribution in [-0.4, -0.2) is 0 Å². The van der Waals surface area contributed by atoms with E-state index in [1.807, 2.05) is 133 Å². The van der Waals surface area contributed by atoms with E-state index in [0.717, 1.165) is 43.8 Å². The van der Waals surface area contributed by atoms with Crippen molar-refractivity contribution in [2.45, 2.75) is 0 Å². The van der Waals surface area contributed by atoms with Crippen LogP contribution in [-0.2, 0) is 0 Å². The molecule has 1 heteroatoms. The third kappa shape index (κ3) is 6.18. The maximum atomic E-state index is 9.74. The molecule has 1 nitrogen and oxygen atoms in total. The Morgan fingerprint density at radius 2 is 0.804 bits per heavy atom. The van der Waals surface area contributed by atoms with E-state index in [4.69, 9.17) is 2.74 Å². The van der Waals surface area contributed by atoms with E-state index < -0.39 is 12.1 Å². The molecule has 0 aliphatic carbocycles. The Kier molecular flexibility index (Phi) is 5.96. The number of fused-ring (bicyclic) bond motifs is 2. The van der Waals surface area contributed by atoms with Gasteiger partial charge in [0.25, 0.3) is 0 Å². The van der Waals surface area contributed by atoms with Crippen molar-refractivity contribution in [2.75, 3.05) is 4.90 Å². The lowest BCUT2D eigenvalue weighted by Gasteiger charge is -2.27. The molecule has 9 aromatic rings. The number of hydrogen-bond donors (Lipinski definition) is 0. The van der Waals surface area contributed by atoms with Crippen LogP contribution >= 0.6 is 0 Å². The molecule has 0 bridgehead atoms. The molecule has 0 fully saturated rings. The van der Waals surface area contributed by atoms with E-state index in [2.05, 4.69) is 6.07 Å². The van der Waals surface area contributed by atoms with Crippen LogP contribution in [0.3, 0.4) is 0 Å². The van der Waals surface area contributed by atoms with Gasteiger partial charge in [0, 0.05) is 17.1 Å². The van der Waals surface area contributed by atoms with Crippen molar-refractivity contribution in [3.63, 3.8) is 0 Å². The molecule has 240 valence electrons. The van der Waals surface area contributed by atoms with E-state index in [0.29, 0.717) is 16.8 Å². The van der Waals surface area contributed by atoms with Gasteiger partial charge in [-0.05, 0) is 114 Å². The minimum absolute atomic E-state index is 0.116. The summed E-state index contributed by atoms with van der Waals surface area (Å²) in [6, 6.07) is 49.1. The lowest BCUT2D eigenvalue weighted by atomic mass is 9.99. The Hall–Kier alpha value is -6.70. The molecule has 9 rings (SSSR count). The molecule has 0 atom stereocenters. The van der Waals surface area contributed by atoms with Crippen LogP contribution in [0.2, 0.25) is 0 Å². The number of benzene rings is 9. The zero-order valence-corrected chi connectivity index (χ0v) is 27.5. The summed E-state index contributed by atoms with van der Waals surface area (Å²) in [6.07, 6.45) is 0. The minimum atomic E-state index is -0.446. The first-order chi connectivity index (χ1) is 28.6. The summed E-state index contributed by atoms with van der Waals surface area (Å²) >= 11 is 0. The largest absolute Gasteiger partial charge is 0.310 e. The standard InChI is InChI=1S/C50H35N/c1-2-10-36(11-3-1)39-20-22-40(23-21-39)41-28-30-48(31-29-41)51(49-18-8-16-44(34-49)46-26-24-37-12-4-6-14-42(37)32-46)50-19-9-17-45(35-50)47-27-25-38-13-5-7-15-43(38)33-47/h1-35H/i8D,16D,18D,28D,29D,30D,31D,34D. The molecule has 0 saturated heterocycles. The highest BCUT2D eigenvalue weighted by Crippen LogP contribution is 2.39. The van der Waals surface area contributed by atoms with Crippen molar-refractivity contribution in [3.05, 3.63) is 212 Å². The predicted octanol–water partition coefficient (Wildman–Crippen LogP) is 14.1. The molecule has 9 aromatic carbocycles. The Morgan fingerprint density at radius 3 is 1.47 bits per heavy atom. The second-order valence-electron chi connectivity index (χ2n) is 12.4. The van der Waals surface area contributed by atoms with Crippen molar-refractivity contribution in [3.8, 4) is 44.5 Å². The SMILES string of the molecule is [2H]c1c([2H])c(-c2ccc3ccccc3c2)c([2H])c(N(c2cccc(-c3ccc4ccccc4c3)c2)c2c([2H])c([2H])c(-c3ccc(-c4ccccc4)cc3)c([2H])c2[2H])c1[2H]. The molecule has 51 heavy (non-hydrogen) atoms. The fourth-order valence-corrected chi connectivity index (χ4v) is 6.52. The van der Waals surface area contributed by atoms with E-state index >= 15 is 0 Å². The first-order valence-corrected chi connectivity index (χ1v) is 16.9. The van der Waals surface area contributed by atoms with Gasteiger partial charge in [0.05, 0.1) is 11.0 Å². The Labute approximate surface area is 310 Å². The highest BCUT2D eigenvalue weighted by molar-refractivity contribution is 5.90. The van der Waals surface area contributed by atoms with Crippen LogP contribution in [0.15, 0.2) is 212 Å². The second kappa shape index (κ2) is 13.3. The smallest absolute Gasteiger partial charge is 0.0651 e. The van der Waals surface area contributed by atoms with Gasteiger partial charge in [-0.1, -0.05) is 164 Å². The summed E-state index contributed by atoms with van der Waals surface area (Å²) in [5.41, 5.74) is 4.90.